The van der Waals surface area contributed by atoms with Gasteiger partial charge in [-0.05, 0) is 44.5 Å². The van der Waals surface area contributed by atoms with E-state index in [0.717, 1.165) is 32.4 Å². The Kier molecular flexibility index (Phi) is 3.92. The third-order valence-corrected chi connectivity index (χ3v) is 5.93. The number of aliphatic hydroxyl groups is 1. The van der Waals surface area contributed by atoms with E-state index in [1.807, 2.05) is 6.07 Å². The molecular formula is C19H26N2O4. The zero-order valence-corrected chi connectivity index (χ0v) is 15.1. The number of carbonyl (C=O) groups excluding carboxylic acids is 1. The number of carbonyl (C=O) groups is 1. The highest BCUT2D eigenvalue weighted by Gasteiger charge is 2.54. The van der Waals surface area contributed by atoms with Crippen molar-refractivity contribution in [3.63, 3.8) is 0 Å². The van der Waals surface area contributed by atoms with Crippen molar-refractivity contribution in [3.05, 3.63) is 23.3 Å². The fourth-order valence-corrected chi connectivity index (χ4v) is 4.60. The lowest BCUT2D eigenvalue weighted by Crippen LogP contribution is -2.45. The summed E-state index contributed by atoms with van der Waals surface area (Å²) < 4.78 is 11.9. The van der Waals surface area contributed by atoms with Gasteiger partial charge < -0.3 is 24.4 Å². The minimum absolute atomic E-state index is 0.0456. The standard InChI is InChI=1S/C19H26N2O4/c1-20(2)18(23)24-14-5-4-12-11-21(3)9-8-19-7-6-13(22)10-15(19)25-17(14)16(12)19/h4-5,13,15,22H,6-11H2,1-3H3/t13-,15-,19-/m0/s1. The van der Waals surface area contributed by atoms with Crippen LogP contribution in [0.25, 0.3) is 0 Å². The molecule has 1 aromatic carbocycles. The Labute approximate surface area is 148 Å². The number of amides is 1. The van der Waals surface area contributed by atoms with Crippen molar-refractivity contribution in [1.82, 2.24) is 9.80 Å². The molecule has 3 atom stereocenters. The van der Waals surface area contributed by atoms with Gasteiger partial charge in [0.15, 0.2) is 11.5 Å². The van der Waals surface area contributed by atoms with E-state index in [2.05, 4.69) is 18.0 Å². The molecule has 1 fully saturated rings. The molecular weight excluding hydrogens is 320 g/mol. The average molecular weight is 346 g/mol. The third kappa shape index (κ3) is 2.59. The van der Waals surface area contributed by atoms with Crippen molar-refractivity contribution >= 4 is 6.09 Å². The molecule has 2 aliphatic heterocycles. The first-order valence-electron chi connectivity index (χ1n) is 8.99. The van der Waals surface area contributed by atoms with Crippen LogP contribution >= 0.6 is 0 Å². The van der Waals surface area contributed by atoms with Crippen molar-refractivity contribution in [2.45, 2.75) is 49.9 Å². The van der Waals surface area contributed by atoms with Crippen LogP contribution in [0.5, 0.6) is 11.5 Å². The summed E-state index contributed by atoms with van der Waals surface area (Å²) >= 11 is 0. The summed E-state index contributed by atoms with van der Waals surface area (Å²) in [5, 5.41) is 10.2. The van der Waals surface area contributed by atoms with E-state index in [4.69, 9.17) is 9.47 Å². The fourth-order valence-electron chi connectivity index (χ4n) is 4.60. The zero-order chi connectivity index (χ0) is 17.8. The van der Waals surface area contributed by atoms with Gasteiger partial charge in [-0.3, -0.25) is 0 Å². The maximum Gasteiger partial charge on any atom is 0.414 e. The van der Waals surface area contributed by atoms with Crippen molar-refractivity contribution in [2.24, 2.45) is 0 Å². The van der Waals surface area contributed by atoms with Gasteiger partial charge in [-0.2, -0.15) is 0 Å². The third-order valence-electron chi connectivity index (χ3n) is 5.93. The first-order valence-corrected chi connectivity index (χ1v) is 8.99. The zero-order valence-electron chi connectivity index (χ0n) is 15.1. The van der Waals surface area contributed by atoms with E-state index in [0.29, 0.717) is 17.9 Å². The maximum absolute atomic E-state index is 12.0. The Morgan fingerprint density at radius 1 is 1.40 bits per heavy atom. The van der Waals surface area contributed by atoms with Gasteiger partial charge in [-0.15, -0.1) is 0 Å². The van der Waals surface area contributed by atoms with Gasteiger partial charge in [0.25, 0.3) is 0 Å². The van der Waals surface area contributed by atoms with Gasteiger partial charge in [0.05, 0.1) is 6.10 Å². The summed E-state index contributed by atoms with van der Waals surface area (Å²) in [6.07, 6.45) is 2.58. The molecule has 2 heterocycles. The summed E-state index contributed by atoms with van der Waals surface area (Å²) in [5.74, 6) is 1.20. The molecule has 1 saturated carbocycles. The van der Waals surface area contributed by atoms with E-state index in [9.17, 15) is 9.90 Å². The highest BCUT2D eigenvalue weighted by Crippen LogP contribution is 2.57. The summed E-state index contributed by atoms with van der Waals surface area (Å²) in [5.41, 5.74) is 2.38. The molecule has 3 aliphatic rings. The van der Waals surface area contributed by atoms with Crippen molar-refractivity contribution in [3.8, 4) is 11.5 Å². The van der Waals surface area contributed by atoms with E-state index >= 15 is 0 Å². The highest BCUT2D eigenvalue weighted by molar-refractivity contribution is 5.72. The molecule has 1 aliphatic carbocycles. The minimum atomic E-state index is -0.408. The SMILES string of the molecule is CN1CC[C@@]23CC[C@H](O)C[C@@H]2Oc2c(OC(=O)N(C)C)ccc(c23)C1. The summed E-state index contributed by atoms with van der Waals surface area (Å²) in [4.78, 5) is 15.8. The van der Waals surface area contributed by atoms with E-state index in [1.54, 1.807) is 14.1 Å². The van der Waals surface area contributed by atoms with Gasteiger partial charge in [-0.1, -0.05) is 6.07 Å². The van der Waals surface area contributed by atoms with Crippen molar-refractivity contribution < 1.29 is 19.4 Å². The Morgan fingerprint density at radius 3 is 2.96 bits per heavy atom. The fraction of sp³-hybridized carbons (Fsp3) is 0.632. The number of ether oxygens (including phenoxy) is 2. The van der Waals surface area contributed by atoms with E-state index in [-0.39, 0.29) is 17.6 Å². The number of hydrogen-bond donors (Lipinski definition) is 1. The Balaban J connectivity index is 1.81. The van der Waals surface area contributed by atoms with Gasteiger partial charge in [0.1, 0.15) is 6.10 Å². The Hall–Kier alpha value is -1.79. The predicted octanol–water partition coefficient (Wildman–Crippen LogP) is 2.13. The van der Waals surface area contributed by atoms with Crippen LogP contribution in [-0.4, -0.2) is 60.9 Å². The predicted molar refractivity (Wildman–Crippen MR) is 93.1 cm³/mol. The molecule has 6 heteroatoms. The molecule has 0 unspecified atom stereocenters. The van der Waals surface area contributed by atoms with Gasteiger partial charge >= 0.3 is 6.09 Å². The number of benzene rings is 1. The largest absolute Gasteiger partial charge is 0.485 e. The molecule has 0 aromatic heterocycles. The average Bonchev–Trinajstić information content (AvgIpc) is 2.82. The topological polar surface area (TPSA) is 62.2 Å². The molecule has 1 N–H and O–H groups in total. The second kappa shape index (κ2) is 5.88. The highest BCUT2D eigenvalue weighted by atomic mass is 16.6. The maximum atomic E-state index is 12.0. The molecule has 1 aromatic rings. The lowest BCUT2D eigenvalue weighted by atomic mass is 9.65. The molecule has 0 bridgehead atoms. The van der Waals surface area contributed by atoms with Gasteiger partial charge in [-0.25, -0.2) is 4.79 Å². The van der Waals surface area contributed by atoms with Crippen molar-refractivity contribution in [1.29, 1.82) is 0 Å². The monoisotopic (exact) mass is 346 g/mol. The summed E-state index contributed by atoms with van der Waals surface area (Å²) in [6, 6.07) is 3.91. The molecule has 0 saturated heterocycles. The quantitative estimate of drug-likeness (QED) is 0.844. The van der Waals surface area contributed by atoms with Crippen molar-refractivity contribution in [2.75, 3.05) is 27.7 Å². The Morgan fingerprint density at radius 2 is 2.20 bits per heavy atom. The van der Waals surface area contributed by atoms with Crippen LogP contribution in [0, 0.1) is 0 Å². The van der Waals surface area contributed by atoms with Crippen LogP contribution < -0.4 is 9.47 Å². The van der Waals surface area contributed by atoms with Crippen LogP contribution in [0.1, 0.15) is 36.8 Å². The van der Waals surface area contributed by atoms with Crippen LogP contribution in [0.15, 0.2) is 12.1 Å². The Bertz CT molecular complexity index is 705. The lowest BCUT2D eigenvalue weighted by molar-refractivity contribution is 0.0120. The first kappa shape index (κ1) is 16.7. The molecule has 136 valence electrons. The normalized spacial score (nSPS) is 30.7. The van der Waals surface area contributed by atoms with Crippen LogP contribution in [0.2, 0.25) is 0 Å². The van der Waals surface area contributed by atoms with Crippen LogP contribution in [0.3, 0.4) is 0 Å². The molecule has 4 rings (SSSR count). The second-order valence-corrected chi connectivity index (χ2v) is 7.87. The first-order chi connectivity index (χ1) is 11.9. The molecule has 1 spiro atoms. The van der Waals surface area contributed by atoms with E-state index in [1.165, 1.54) is 16.0 Å². The van der Waals surface area contributed by atoms with Gasteiger partial charge in [0, 0.05) is 38.0 Å². The molecule has 1 amide bonds. The smallest absolute Gasteiger partial charge is 0.414 e. The number of hydrogen-bond acceptors (Lipinski definition) is 5. The summed E-state index contributed by atoms with van der Waals surface area (Å²) in [7, 11) is 5.47. The van der Waals surface area contributed by atoms with Crippen LogP contribution in [-0.2, 0) is 12.0 Å². The van der Waals surface area contributed by atoms with E-state index < -0.39 is 6.09 Å². The number of rotatable bonds is 1. The summed E-state index contributed by atoms with van der Waals surface area (Å²) in [6.45, 7) is 1.86. The second-order valence-electron chi connectivity index (χ2n) is 7.87. The number of nitrogens with zero attached hydrogens (tertiary/aromatic N) is 2. The lowest BCUT2D eigenvalue weighted by Gasteiger charge is -2.40. The molecule has 6 nitrogen and oxygen atoms in total. The number of aliphatic hydroxyl groups excluding tert-OH is 1. The minimum Gasteiger partial charge on any atom is -0.485 e. The molecule has 25 heavy (non-hydrogen) atoms. The molecule has 0 radical (unpaired) electrons. The van der Waals surface area contributed by atoms with Crippen LogP contribution in [0.4, 0.5) is 4.79 Å². The van der Waals surface area contributed by atoms with Gasteiger partial charge in [0.2, 0.25) is 0 Å².